The minimum Gasteiger partial charge on any atom is -0.0985 e. The van der Waals surface area contributed by atoms with Gasteiger partial charge >= 0.3 is 0 Å². The molecule has 0 unspecified atom stereocenters. The fraction of sp³-hybridized carbons (Fsp3) is 0.0667. The summed E-state index contributed by atoms with van der Waals surface area (Å²) in [5.41, 5.74) is 6.21. The summed E-state index contributed by atoms with van der Waals surface area (Å²) in [7, 11) is 0. The van der Waals surface area contributed by atoms with E-state index in [0.717, 1.165) is 0 Å². The molecule has 0 saturated heterocycles. The van der Waals surface area contributed by atoms with Crippen molar-refractivity contribution in [3.8, 4) is 11.1 Å². The van der Waals surface area contributed by atoms with Gasteiger partial charge in [0.1, 0.15) is 0 Å². The number of allylic oxidation sites excluding steroid dienone is 3. The van der Waals surface area contributed by atoms with Gasteiger partial charge in [-0.25, -0.2) is 0 Å². The summed E-state index contributed by atoms with van der Waals surface area (Å²) in [5.74, 6) is 0. The van der Waals surface area contributed by atoms with E-state index in [0.29, 0.717) is 0 Å². The van der Waals surface area contributed by atoms with E-state index < -0.39 is 0 Å². The molecule has 0 aliphatic heterocycles. The van der Waals surface area contributed by atoms with Crippen LogP contribution >= 0.6 is 0 Å². The van der Waals surface area contributed by atoms with Gasteiger partial charge < -0.3 is 0 Å². The van der Waals surface area contributed by atoms with Crippen molar-refractivity contribution in [1.82, 2.24) is 0 Å². The van der Waals surface area contributed by atoms with Crippen molar-refractivity contribution in [2.75, 3.05) is 0 Å². The minimum absolute atomic E-state index is 1.21. The summed E-state index contributed by atoms with van der Waals surface area (Å²) in [4.78, 5) is 0. The van der Waals surface area contributed by atoms with E-state index in [4.69, 9.17) is 0 Å². The van der Waals surface area contributed by atoms with E-state index >= 15 is 0 Å². The van der Waals surface area contributed by atoms with E-state index in [1.165, 1.54) is 60.2 Å². The van der Waals surface area contributed by atoms with E-state index in [9.17, 15) is 0 Å². The predicted molar refractivity (Wildman–Crippen MR) is 133 cm³/mol. The molecule has 0 aromatic heterocycles. The van der Waals surface area contributed by atoms with Crippen LogP contribution in [0.4, 0.5) is 0 Å². The summed E-state index contributed by atoms with van der Waals surface area (Å²) in [6.45, 7) is 8.23. The summed E-state index contributed by atoms with van der Waals surface area (Å²) in [5, 5.41) is 7.76. The lowest BCUT2D eigenvalue weighted by Gasteiger charge is -2.12. The highest BCUT2D eigenvalue weighted by Gasteiger charge is 2.08. The van der Waals surface area contributed by atoms with Crippen LogP contribution in [0.1, 0.15) is 19.4 Å². The van der Waals surface area contributed by atoms with Gasteiger partial charge in [0.05, 0.1) is 0 Å². The lowest BCUT2D eigenvalue weighted by molar-refractivity contribution is 1.39. The molecular formula is C30H24. The molecular weight excluding hydrogens is 360 g/mol. The third-order valence-electron chi connectivity index (χ3n) is 5.99. The zero-order valence-corrected chi connectivity index (χ0v) is 17.4. The number of hydrogen-bond donors (Lipinski definition) is 0. The Bertz CT molecular complexity index is 1440. The molecule has 5 aromatic rings. The lowest BCUT2D eigenvalue weighted by Crippen LogP contribution is -1.87. The minimum atomic E-state index is 1.21. The fourth-order valence-corrected chi connectivity index (χ4v) is 4.47. The van der Waals surface area contributed by atoms with Crippen molar-refractivity contribution in [3.63, 3.8) is 0 Å². The van der Waals surface area contributed by atoms with Gasteiger partial charge in [-0.1, -0.05) is 97.1 Å². The van der Waals surface area contributed by atoms with Crippen molar-refractivity contribution < 1.29 is 0 Å². The molecule has 0 fully saturated rings. The predicted octanol–water partition coefficient (Wildman–Crippen LogP) is 8.79. The molecule has 0 atom stereocenters. The molecule has 30 heavy (non-hydrogen) atoms. The molecule has 5 aromatic carbocycles. The van der Waals surface area contributed by atoms with Crippen LogP contribution < -0.4 is 0 Å². The molecule has 0 amide bonds. The highest BCUT2D eigenvalue weighted by atomic mass is 14.1. The van der Waals surface area contributed by atoms with Gasteiger partial charge in [0.15, 0.2) is 0 Å². The topological polar surface area (TPSA) is 0 Å². The zero-order valence-electron chi connectivity index (χ0n) is 17.4. The van der Waals surface area contributed by atoms with Crippen molar-refractivity contribution in [3.05, 3.63) is 115 Å². The standard InChI is InChI=1S/C30H24/c1-4-26(20(2)3)21-12-14-22(15-13-21)27-10-7-11-28-29(27)17-16-25-18-23-8-5-6-9-24(23)19-30(25)28/h4-19H,1H2,2-3H3. The Labute approximate surface area is 177 Å². The largest absolute Gasteiger partial charge is 0.0985 e. The third kappa shape index (κ3) is 3.02. The Morgan fingerprint density at radius 2 is 1.37 bits per heavy atom. The first-order valence-corrected chi connectivity index (χ1v) is 10.4. The molecule has 0 radical (unpaired) electrons. The van der Waals surface area contributed by atoms with Crippen molar-refractivity contribution in [1.29, 1.82) is 0 Å². The highest BCUT2D eigenvalue weighted by Crippen LogP contribution is 2.35. The Kier molecular flexibility index (Phi) is 4.48. The van der Waals surface area contributed by atoms with Crippen molar-refractivity contribution in [2.45, 2.75) is 13.8 Å². The fourth-order valence-electron chi connectivity index (χ4n) is 4.47. The van der Waals surface area contributed by atoms with E-state index in [-0.39, 0.29) is 0 Å². The lowest BCUT2D eigenvalue weighted by atomic mass is 9.92. The Morgan fingerprint density at radius 3 is 2.07 bits per heavy atom. The van der Waals surface area contributed by atoms with Crippen LogP contribution in [0.2, 0.25) is 0 Å². The van der Waals surface area contributed by atoms with Crippen LogP contribution in [-0.4, -0.2) is 0 Å². The Morgan fingerprint density at radius 1 is 0.633 bits per heavy atom. The third-order valence-corrected chi connectivity index (χ3v) is 5.99. The highest BCUT2D eigenvalue weighted by molar-refractivity contribution is 6.15. The first-order chi connectivity index (χ1) is 14.7. The van der Waals surface area contributed by atoms with Gasteiger partial charge in [0.25, 0.3) is 0 Å². The molecule has 0 N–H and O–H groups in total. The second-order valence-corrected chi connectivity index (χ2v) is 8.08. The van der Waals surface area contributed by atoms with E-state index in [1.54, 1.807) is 0 Å². The molecule has 5 rings (SSSR count). The smallest absolute Gasteiger partial charge is 0.00988 e. The second kappa shape index (κ2) is 7.31. The van der Waals surface area contributed by atoms with Crippen molar-refractivity contribution >= 4 is 37.9 Å². The summed E-state index contributed by atoms with van der Waals surface area (Å²) in [6, 6.07) is 33.2. The average Bonchev–Trinajstić information content (AvgIpc) is 2.78. The molecule has 0 heterocycles. The molecule has 0 bridgehead atoms. The molecule has 0 saturated carbocycles. The monoisotopic (exact) mass is 384 g/mol. The van der Waals surface area contributed by atoms with Crippen LogP contribution in [0.15, 0.2) is 109 Å². The maximum absolute atomic E-state index is 3.97. The molecule has 0 nitrogen and oxygen atoms in total. The van der Waals surface area contributed by atoms with E-state index in [2.05, 4.69) is 111 Å². The Hall–Kier alpha value is -3.64. The van der Waals surface area contributed by atoms with Gasteiger partial charge in [0, 0.05) is 0 Å². The van der Waals surface area contributed by atoms with Gasteiger partial charge in [-0.2, -0.15) is 0 Å². The molecule has 0 spiro atoms. The van der Waals surface area contributed by atoms with Crippen LogP contribution in [0, 0.1) is 0 Å². The Balaban J connectivity index is 1.70. The van der Waals surface area contributed by atoms with Gasteiger partial charge in [-0.3, -0.25) is 0 Å². The summed E-state index contributed by atoms with van der Waals surface area (Å²) in [6.07, 6.45) is 1.94. The first kappa shape index (κ1) is 18.4. The molecule has 144 valence electrons. The van der Waals surface area contributed by atoms with Gasteiger partial charge in [0.2, 0.25) is 0 Å². The van der Waals surface area contributed by atoms with Crippen LogP contribution in [-0.2, 0) is 0 Å². The van der Waals surface area contributed by atoms with Crippen LogP contribution in [0.5, 0.6) is 0 Å². The number of fused-ring (bicyclic) bond motifs is 4. The molecule has 0 heteroatoms. The quantitative estimate of drug-likeness (QED) is 0.166. The second-order valence-electron chi connectivity index (χ2n) is 8.08. The molecule has 0 aliphatic rings. The normalized spacial score (nSPS) is 11.1. The van der Waals surface area contributed by atoms with Gasteiger partial charge in [-0.15, -0.1) is 0 Å². The number of hydrogen-bond acceptors (Lipinski definition) is 0. The number of rotatable bonds is 3. The first-order valence-electron chi connectivity index (χ1n) is 10.4. The zero-order chi connectivity index (χ0) is 20.7. The average molecular weight is 385 g/mol. The van der Waals surface area contributed by atoms with E-state index in [1.807, 2.05) is 6.08 Å². The number of benzene rings is 5. The molecule has 0 aliphatic carbocycles. The van der Waals surface area contributed by atoms with Crippen molar-refractivity contribution in [2.24, 2.45) is 0 Å². The van der Waals surface area contributed by atoms with Gasteiger partial charge in [-0.05, 0) is 80.6 Å². The van der Waals surface area contributed by atoms with Crippen LogP contribution in [0.3, 0.4) is 0 Å². The summed E-state index contributed by atoms with van der Waals surface area (Å²) < 4.78 is 0. The SMILES string of the molecule is C=CC(=C(C)C)c1ccc(-c2cccc3c2ccc2cc4ccccc4cc23)cc1. The maximum Gasteiger partial charge on any atom is -0.00988 e. The summed E-state index contributed by atoms with van der Waals surface area (Å²) >= 11 is 0. The maximum atomic E-state index is 3.97. The van der Waals surface area contributed by atoms with Crippen LogP contribution in [0.25, 0.3) is 49.0 Å².